The lowest BCUT2D eigenvalue weighted by atomic mass is 10.2. The molecule has 1 aromatic heterocycles. The Bertz CT molecular complexity index is 1100. The molecule has 0 aliphatic heterocycles. The van der Waals surface area contributed by atoms with Crippen LogP contribution in [-0.4, -0.2) is 57.8 Å². The van der Waals surface area contributed by atoms with E-state index in [-0.39, 0.29) is 5.60 Å². The molecule has 1 aliphatic rings. The maximum Gasteiger partial charge on any atom is 0.227 e. The van der Waals surface area contributed by atoms with Gasteiger partial charge in [0.05, 0.1) is 42.4 Å². The molecule has 0 spiro atoms. The molecule has 1 atom stereocenters. The molecular formula is C28H37N3O4. The minimum absolute atomic E-state index is 0.281. The van der Waals surface area contributed by atoms with Crippen LogP contribution >= 0.6 is 0 Å². The Morgan fingerprint density at radius 2 is 1.80 bits per heavy atom. The molecule has 7 heteroatoms. The molecule has 0 unspecified atom stereocenters. The highest BCUT2D eigenvalue weighted by molar-refractivity contribution is 5.44. The predicted molar refractivity (Wildman–Crippen MR) is 137 cm³/mol. The smallest absolute Gasteiger partial charge is 0.227 e. The molecule has 2 aromatic carbocycles. The van der Waals surface area contributed by atoms with E-state index in [4.69, 9.17) is 19.3 Å². The molecule has 0 saturated heterocycles. The molecule has 4 rings (SSSR count). The van der Waals surface area contributed by atoms with Crippen LogP contribution in [0.25, 0.3) is 5.69 Å². The summed E-state index contributed by atoms with van der Waals surface area (Å²) in [6.07, 6.45) is 1.69. The summed E-state index contributed by atoms with van der Waals surface area (Å²) in [5.41, 5.74) is 2.55. The van der Waals surface area contributed by atoms with Crippen LogP contribution < -0.4 is 9.47 Å². The molecule has 1 fully saturated rings. The molecule has 35 heavy (non-hydrogen) atoms. The first-order chi connectivity index (χ1) is 16.7. The number of aromatic nitrogens is 2. The first-order valence-electron chi connectivity index (χ1n) is 12.3. The van der Waals surface area contributed by atoms with Crippen molar-refractivity contribution in [1.29, 1.82) is 0 Å². The van der Waals surface area contributed by atoms with Gasteiger partial charge in [-0.25, -0.2) is 4.68 Å². The number of aliphatic hydroxyl groups excluding tert-OH is 1. The van der Waals surface area contributed by atoms with Gasteiger partial charge in [0, 0.05) is 25.2 Å². The fourth-order valence-electron chi connectivity index (χ4n) is 4.00. The summed E-state index contributed by atoms with van der Waals surface area (Å²) in [6.45, 7) is 9.50. The Labute approximate surface area is 208 Å². The van der Waals surface area contributed by atoms with E-state index in [0.29, 0.717) is 37.4 Å². The van der Waals surface area contributed by atoms with E-state index >= 15 is 0 Å². The standard InChI is InChI=1S/C28H37N3O4/c1-20-26(18-30(21-14-15-21)17-23(32)19-34-28(2,3)4)27(31(29-20)22-10-7-6-8-11-22)35-25-13-9-12-24(16-25)33-5/h6-13,16,21,23,32H,14-15,17-19H2,1-5H3/t23-/m0/s1. The van der Waals surface area contributed by atoms with Crippen LogP contribution in [0, 0.1) is 6.92 Å². The van der Waals surface area contributed by atoms with Gasteiger partial charge in [-0.2, -0.15) is 5.10 Å². The highest BCUT2D eigenvalue weighted by atomic mass is 16.5. The van der Waals surface area contributed by atoms with Crippen LogP contribution in [0.15, 0.2) is 54.6 Å². The lowest BCUT2D eigenvalue weighted by Crippen LogP contribution is -2.38. The number of para-hydroxylation sites is 1. The second kappa shape index (κ2) is 10.8. The first-order valence-corrected chi connectivity index (χ1v) is 12.3. The first kappa shape index (κ1) is 25.2. The normalized spacial score (nSPS) is 14.8. The summed E-state index contributed by atoms with van der Waals surface area (Å²) in [5.74, 6) is 2.08. The highest BCUT2D eigenvalue weighted by Gasteiger charge is 2.33. The van der Waals surface area contributed by atoms with Gasteiger partial charge < -0.3 is 19.3 Å². The molecule has 1 saturated carbocycles. The fourth-order valence-corrected chi connectivity index (χ4v) is 4.00. The third kappa shape index (κ3) is 6.84. The number of hydrogen-bond donors (Lipinski definition) is 1. The molecule has 0 amide bonds. The monoisotopic (exact) mass is 479 g/mol. The van der Waals surface area contributed by atoms with Crippen LogP contribution in [0.5, 0.6) is 17.4 Å². The molecule has 1 aliphatic carbocycles. The van der Waals surface area contributed by atoms with E-state index in [2.05, 4.69) is 4.90 Å². The van der Waals surface area contributed by atoms with Crippen molar-refractivity contribution in [3.63, 3.8) is 0 Å². The summed E-state index contributed by atoms with van der Waals surface area (Å²) >= 11 is 0. The van der Waals surface area contributed by atoms with E-state index in [1.807, 2.05) is 87.0 Å². The van der Waals surface area contributed by atoms with E-state index in [1.54, 1.807) is 7.11 Å². The lowest BCUT2D eigenvalue weighted by Gasteiger charge is -2.27. The van der Waals surface area contributed by atoms with Crippen LogP contribution in [0.1, 0.15) is 44.9 Å². The topological polar surface area (TPSA) is 69.0 Å². The second-order valence-corrected chi connectivity index (χ2v) is 10.1. The molecule has 0 radical (unpaired) electrons. The quantitative estimate of drug-likeness (QED) is 0.412. The molecule has 188 valence electrons. The summed E-state index contributed by atoms with van der Waals surface area (Å²) in [4.78, 5) is 2.33. The van der Waals surface area contributed by atoms with Crippen molar-refractivity contribution < 1.29 is 19.3 Å². The van der Waals surface area contributed by atoms with Gasteiger partial charge in [-0.1, -0.05) is 24.3 Å². The summed E-state index contributed by atoms with van der Waals surface area (Å²) < 4.78 is 19.5. The van der Waals surface area contributed by atoms with E-state index in [9.17, 15) is 5.11 Å². The largest absolute Gasteiger partial charge is 0.497 e. The summed E-state index contributed by atoms with van der Waals surface area (Å²) in [5, 5.41) is 15.6. The maximum absolute atomic E-state index is 10.7. The van der Waals surface area contributed by atoms with Crippen LogP contribution in [0.3, 0.4) is 0 Å². The number of ether oxygens (including phenoxy) is 3. The molecule has 1 heterocycles. The van der Waals surface area contributed by atoms with Gasteiger partial charge in [-0.3, -0.25) is 4.90 Å². The van der Waals surface area contributed by atoms with Crippen molar-refractivity contribution in [2.45, 2.75) is 64.8 Å². The van der Waals surface area contributed by atoms with Crippen molar-refractivity contribution in [3.05, 3.63) is 65.9 Å². The number of hydrogen-bond acceptors (Lipinski definition) is 6. The predicted octanol–water partition coefficient (Wildman–Crippen LogP) is 5.12. The summed E-state index contributed by atoms with van der Waals surface area (Å²) in [7, 11) is 1.64. The fraction of sp³-hybridized carbons (Fsp3) is 0.464. The Hall–Kier alpha value is -2.87. The van der Waals surface area contributed by atoms with Gasteiger partial charge in [-0.05, 0) is 64.8 Å². The van der Waals surface area contributed by atoms with Gasteiger partial charge >= 0.3 is 0 Å². The van der Waals surface area contributed by atoms with Gasteiger partial charge in [0.15, 0.2) is 0 Å². The SMILES string of the molecule is COc1cccc(Oc2c(CN(C[C@H](O)COC(C)(C)C)C3CC3)c(C)nn2-c2ccccc2)c1. The Morgan fingerprint density at radius 3 is 2.46 bits per heavy atom. The number of aliphatic hydroxyl groups is 1. The molecular weight excluding hydrogens is 442 g/mol. The number of methoxy groups -OCH3 is 1. The minimum Gasteiger partial charge on any atom is -0.497 e. The van der Waals surface area contributed by atoms with Crippen molar-refractivity contribution in [3.8, 4) is 23.1 Å². The van der Waals surface area contributed by atoms with E-state index in [1.165, 1.54) is 0 Å². The molecule has 1 N–H and O–H groups in total. The zero-order valence-electron chi connectivity index (χ0n) is 21.4. The number of benzene rings is 2. The highest BCUT2D eigenvalue weighted by Crippen LogP contribution is 2.35. The van der Waals surface area contributed by atoms with Crippen LogP contribution in [0.4, 0.5) is 0 Å². The zero-order chi connectivity index (χ0) is 25.0. The summed E-state index contributed by atoms with van der Waals surface area (Å²) in [6, 6.07) is 18.0. The zero-order valence-corrected chi connectivity index (χ0v) is 21.4. The van der Waals surface area contributed by atoms with Crippen molar-refractivity contribution in [2.24, 2.45) is 0 Å². The van der Waals surface area contributed by atoms with Crippen molar-refractivity contribution in [2.75, 3.05) is 20.3 Å². The number of nitrogens with zero attached hydrogens (tertiary/aromatic N) is 3. The van der Waals surface area contributed by atoms with E-state index < -0.39 is 6.10 Å². The average Bonchev–Trinajstić information content (AvgIpc) is 3.64. The number of aryl methyl sites for hydroxylation is 1. The van der Waals surface area contributed by atoms with Crippen LogP contribution in [-0.2, 0) is 11.3 Å². The maximum atomic E-state index is 10.7. The third-order valence-electron chi connectivity index (χ3n) is 5.97. The number of rotatable bonds is 11. The Morgan fingerprint density at radius 1 is 1.09 bits per heavy atom. The van der Waals surface area contributed by atoms with E-state index in [0.717, 1.165) is 35.5 Å². The average molecular weight is 480 g/mol. The van der Waals surface area contributed by atoms with Crippen molar-refractivity contribution in [1.82, 2.24) is 14.7 Å². The van der Waals surface area contributed by atoms with Crippen LogP contribution in [0.2, 0.25) is 0 Å². The van der Waals surface area contributed by atoms with Gasteiger partial charge in [0.2, 0.25) is 5.88 Å². The molecule has 0 bridgehead atoms. The van der Waals surface area contributed by atoms with Crippen molar-refractivity contribution >= 4 is 0 Å². The molecule has 3 aromatic rings. The third-order valence-corrected chi connectivity index (χ3v) is 5.97. The molecule has 7 nitrogen and oxygen atoms in total. The van der Waals surface area contributed by atoms with Gasteiger partial charge in [-0.15, -0.1) is 0 Å². The minimum atomic E-state index is -0.568. The van der Waals surface area contributed by atoms with Gasteiger partial charge in [0.1, 0.15) is 11.5 Å². The Kier molecular flexibility index (Phi) is 7.79. The Balaban J connectivity index is 1.63. The second-order valence-electron chi connectivity index (χ2n) is 10.1. The lowest BCUT2D eigenvalue weighted by molar-refractivity contribution is -0.0573. The van der Waals surface area contributed by atoms with Gasteiger partial charge in [0.25, 0.3) is 0 Å².